The zero-order valence-electron chi connectivity index (χ0n) is 12.3. The van der Waals surface area contributed by atoms with Crippen LogP contribution in [0.15, 0.2) is 30.3 Å². The van der Waals surface area contributed by atoms with Crippen molar-refractivity contribution >= 4 is 5.91 Å². The van der Waals surface area contributed by atoms with Gasteiger partial charge in [0.1, 0.15) is 0 Å². The smallest absolute Gasteiger partial charge is 0.230 e. The number of nitrogens with one attached hydrogen (secondary N) is 1. The number of amides is 1. The molecular formula is C16H25NO2. The zero-order chi connectivity index (χ0) is 14.5. The third-order valence-corrected chi connectivity index (χ3v) is 3.42. The van der Waals surface area contributed by atoms with Gasteiger partial charge in [0.15, 0.2) is 0 Å². The molecule has 0 spiro atoms. The van der Waals surface area contributed by atoms with Crippen LogP contribution in [0.2, 0.25) is 0 Å². The minimum atomic E-state index is -0.536. The minimum absolute atomic E-state index is 0.0242. The Hall–Kier alpha value is -1.35. The van der Waals surface area contributed by atoms with Crippen molar-refractivity contribution in [2.24, 2.45) is 5.92 Å². The standard InChI is InChI=1S/C16H25NO2/c1-12(10-13(2)18)11-17-15(19)16(3,4)14-8-6-5-7-9-14/h5-9,12-13,18H,10-11H2,1-4H3,(H,17,19). The van der Waals surface area contributed by atoms with Crippen LogP contribution < -0.4 is 5.32 Å². The number of hydrogen-bond acceptors (Lipinski definition) is 2. The quantitative estimate of drug-likeness (QED) is 0.828. The molecule has 0 aromatic heterocycles. The molecule has 19 heavy (non-hydrogen) atoms. The van der Waals surface area contributed by atoms with Crippen molar-refractivity contribution in [3.05, 3.63) is 35.9 Å². The predicted octanol–water partition coefficient (Wildman–Crippen LogP) is 2.49. The molecular weight excluding hydrogens is 238 g/mol. The summed E-state index contributed by atoms with van der Waals surface area (Å²) in [6.45, 7) is 8.25. The first-order chi connectivity index (χ1) is 8.84. The summed E-state index contributed by atoms with van der Waals surface area (Å²) in [6.07, 6.45) is 0.375. The highest BCUT2D eigenvalue weighted by atomic mass is 16.3. The molecule has 106 valence electrons. The van der Waals surface area contributed by atoms with Crippen LogP contribution in [0.3, 0.4) is 0 Å². The largest absolute Gasteiger partial charge is 0.393 e. The van der Waals surface area contributed by atoms with Crippen molar-refractivity contribution in [2.75, 3.05) is 6.54 Å². The van der Waals surface area contributed by atoms with E-state index in [1.54, 1.807) is 6.92 Å². The Morgan fingerprint density at radius 1 is 1.26 bits per heavy atom. The van der Waals surface area contributed by atoms with E-state index in [4.69, 9.17) is 0 Å². The molecule has 0 heterocycles. The number of aliphatic hydroxyl groups is 1. The number of hydrogen-bond donors (Lipinski definition) is 2. The fourth-order valence-corrected chi connectivity index (χ4v) is 2.14. The lowest BCUT2D eigenvalue weighted by molar-refractivity contribution is -0.125. The Morgan fingerprint density at radius 2 is 1.84 bits per heavy atom. The van der Waals surface area contributed by atoms with Crippen LogP contribution in [-0.4, -0.2) is 23.7 Å². The average molecular weight is 263 g/mol. The molecule has 1 amide bonds. The molecule has 1 aromatic carbocycles. The van der Waals surface area contributed by atoms with Crippen LogP contribution in [0.1, 0.15) is 39.7 Å². The first-order valence-corrected chi connectivity index (χ1v) is 6.86. The van der Waals surface area contributed by atoms with Crippen molar-refractivity contribution in [3.63, 3.8) is 0 Å². The van der Waals surface area contributed by atoms with Crippen molar-refractivity contribution < 1.29 is 9.90 Å². The van der Waals surface area contributed by atoms with Gasteiger partial charge in [-0.05, 0) is 38.7 Å². The van der Waals surface area contributed by atoms with Gasteiger partial charge >= 0.3 is 0 Å². The summed E-state index contributed by atoms with van der Waals surface area (Å²) in [4.78, 5) is 12.3. The Balaban J connectivity index is 2.58. The van der Waals surface area contributed by atoms with E-state index in [1.165, 1.54) is 0 Å². The average Bonchev–Trinajstić information content (AvgIpc) is 2.36. The third-order valence-electron chi connectivity index (χ3n) is 3.42. The van der Waals surface area contributed by atoms with E-state index in [1.807, 2.05) is 51.1 Å². The molecule has 0 saturated carbocycles. The van der Waals surface area contributed by atoms with E-state index in [0.29, 0.717) is 13.0 Å². The Kier molecular flexibility index (Phi) is 5.55. The van der Waals surface area contributed by atoms with E-state index in [-0.39, 0.29) is 17.9 Å². The molecule has 0 fully saturated rings. The zero-order valence-corrected chi connectivity index (χ0v) is 12.3. The van der Waals surface area contributed by atoms with E-state index in [0.717, 1.165) is 5.56 Å². The van der Waals surface area contributed by atoms with E-state index in [2.05, 4.69) is 5.32 Å². The van der Waals surface area contributed by atoms with Gasteiger partial charge in [0.05, 0.1) is 11.5 Å². The molecule has 3 heteroatoms. The monoisotopic (exact) mass is 263 g/mol. The van der Waals surface area contributed by atoms with Crippen molar-refractivity contribution in [2.45, 2.75) is 45.6 Å². The van der Waals surface area contributed by atoms with Gasteiger partial charge in [-0.3, -0.25) is 4.79 Å². The summed E-state index contributed by atoms with van der Waals surface area (Å²) in [5.74, 6) is 0.298. The lowest BCUT2D eigenvalue weighted by Gasteiger charge is -2.25. The van der Waals surface area contributed by atoms with E-state index in [9.17, 15) is 9.90 Å². The molecule has 2 N–H and O–H groups in total. The first kappa shape index (κ1) is 15.7. The molecule has 2 atom stereocenters. The third kappa shape index (κ3) is 4.67. The molecule has 0 aliphatic rings. The predicted molar refractivity (Wildman–Crippen MR) is 77.9 cm³/mol. The fraction of sp³-hybridized carbons (Fsp3) is 0.562. The highest BCUT2D eigenvalue weighted by Gasteiger charge is 2.29. The highest BCUT2D eigenvalue weighted by Crippen LogP contribution is 2.23. The Bertz CT molecular complexity index is 398. The van der Waals surface area contributed by atoms with Gasteiger partial charge in [-0.2, -0.15) is 0 Å². The number of rotatable bonds is 6. The molecule has 1 aromatic rings. The number of aliphatic hydroxyl groups excluding tert-OH is 1. The SMILES string of the molecule is CC(O)CC(C)CNC(=O)C(C)(C)c1ccccc1. The maximum Gasteiger partial charge on any atom is 0.230 e. The fourth-order valence-electron chi connectivity index (χ4n) is 2.14. The lowest BCUT2D eigenvalue weighted by atomic mass is 9.83. The van der Waals surface area contributed by atoms with E-state index >= 15 is 0 Å². The summed E-state index contributed by atoms with van der Waals surface area (Å²) in [7, 11) is 0. The van der Waals surface area contributed by atoms with Gasteiger partial charge in [-0.25, -0.2) is 0 Å². The van der Waals surface area contributed by atoms with E-state index < -0.39 is 5.41 Å². The topological polar surface area (TPSA) is 49.3 Å². The van der Waals surface area contributed by atoms with Crippen LogP contribution in [-0.2, 0) is 10.2 Å². The van der Waals surface area contributed by atoms with Gasteiger partial charge in [0.2, 0.25) is 5.91 Å². The second-order valence-corrected chi connectivity index (χ2v) is 5.89. The molecule has 2 unspecified atom stereocenters. The minimum Gasteiger partial charge on any atom is -0.393 e. The van der Waals surface area contributed by atoms with Gasteiger partial charge in [-0.15, -0.1) is 0 Å². The second kappa shape index (κ2) is 6.71. The Morgan fingerprint density at radius 3 is 2.37 bits per heavy atom. The highest BCUT2D eigenvalue weighted by molar-refractivity contribution is 5.87. The van der Waals surface area contributed by atoms with Gasteiger partial charge in [0, 0.05) is 6.54 Å². The maximum atomic E-state index is 12.3. The molecule has 0 saturated heterocycles. The van der Waals surface area contributed by atoms with Crippen LogP contribution in [0.25, 0.3) is 0 Å². The van der Waals surface area contributed by atoms with Crippen molar-refractivity contribution in [1.29, 1.82) is 0 Å². The first-order valence-electron chi connectivity index (χ1n) is 6.86. The van der Waals surface area contributed by atoms with Gasteiger partial charge < -0.3 is 10.4 Å². The number of benzene rings is 1. The number of carbonyl (C=O) groups is 1. The van der Waals surface area contributed by atoms with Gasteiger partial charge in [-0.1, -0.05) is 37.3 Å². The summed E-state index contributed by atoms with van der Waals surface area (Å²) in [5.41, 5.74) is 0.474. The molecule has 0 aliphatic carbocycles. The summed E-state index contributed by atoms with van der Waals surface area (Å²) in [5, 5.41) is 12.3. The maximum absolute atomic E-state index is 12.3. The van der Waals surface area contributed by atoms with Crippen LogP contribution in [0.5, 0.6) is 0 Å². The second-order valence-electron chi connectivity index (χ2n) is 5.89. The normalized spacial score (nSPS) is 14.8. The molecule has 0 bridgehead atoms. The molecule has 1 rings (SSSR count). The van der Waals surface area contributed by atoms with Crippen LogP contribution in [0.4, 0.5) is 0 Å². The molecule has 3 nitrogen and oxygen atoms in total. The van der Waals surface area contributed by atoms with Crippen molar-refractivity contribution in [1.82, 2.24) is 5.32 Å². The van der Waals surface area contributed by atoms with Crippen LogP contribution >= 0.6 is 0 Å². The van der Waals surface area contributed by atoms with Gasteiger partial charge in [0.25, 0.3) is 0 Å². The summed E-state index contributed by atoms with van der Waals surface area (Å²) in [6, 6.07) is 9.78. The Labute approximate surface area is 116 Å². The molecule has 0 aliphatic heterocycles. The van der Waals surface area contributed by atoms with Crippen molar-refractivity contribution in [3.8, 4) is 0 Å². The summed E-state index contributed by atoms with van der Waals surface area (Å²) >= 11 is 0. The lowest BCUT2D eigenvalue weighted by Crippen LogP contribution is -2.42. The molecule has 0 radical (unpaired) electrons. The number of carbonyl (C=O) groups excluding carboxylic acids is 1. The summed E-state index contributed by atoms with van der Waals surface area (Å²) < 4.78 is 0. The van der Waals surface area contributed by atoms with Crippen LogP contribution in [0, 0.1) is 5.92 Å².